The number of ether oxygens (including phenoxy) is 2. The summed E-state index contributed by atoms with van der Waals surface area (Å²) in [6.07, 6.45) is 4.91. The standard InChI is InChI=1S/C14H17N3O.C14H15NO2.H4N2.H2O/c15-14-12-8-11(6-7-13(12)16-17-14)18-9-10-4-2-1-3-5-10;15-9-12-8-13(6-7-14(12)16)17-10-11-4-2-1-3-5-11;1-2;/h1-5,11H,6-9H2,(H3,15,16,17);1-5,12-13H,6-8,10H2;1-2H2;1H2. The Kier molecular flexibility index (Phi) is 13.1. The fraction of sp³-hybridized carbons (Fsp3) is 0.393. The number of aryl methyl sites for hydroxylation is 1. The summed E-state index contributed by atoms with van der Waals surface area (Å²) in [5, 5.41) is 15.9. The van der Waals surface area contributed by atoms with E-state index in [9.17, 15) is 4.79 Å². The molecule has 3 atom stereocenters. The molecule has 0 radical (unpaired) electrons. The number of Topliss-reactive ketones (excluding diaryl/α,β-unsaturated/α-hetero) is 1. The van der Waals surface area contributed by atoms with Gasteiger partial charge in [-0.2, -0.15) is 10.4 Å². The average molecular weight is 523 g/mol. The molecule has 0 amide bonds. The molecule has 5 rings (SSSR count). The van der Waals surface area contributed by atoms with Gasteiger partial charge in [-0.15, -0.1) is 0 Å². The van der Waals surface area contributed by atoms with Crippen molar-refractivity contribution in [3.63, 3.8) is 0 Å². The van der Waals surface area contributed by atoms with E-state index in [1.165, 1.54) is 11.3 Å². The van der Waals surface area contributed by atoms with E-state index in [0.29, 0.717) is 31.9 Å². The van der Waals surface area contributed by atoms with Crippen molar-refractivity contribution in [1.29, 1.82) is 5.26 Å². The molecule has 204 valence electrons. The first kappa shape index (κ1) is 30.6. The number of hydrogen-bond donors (Lipinski definition) is 4. The zero-order valence-corrected chi connectivity index (χ0v) is 21.5. The lowest BCUT2D eigenvalue weighted by Gasteiger charge is -2.24. The Morgan fingerprint density at radius 1 is 0.921 bits per heavy atom. The maximum Gasteiger partial charge on any atom is 0.150 e. The number of nitrogens with zero attached hydrogens (tertiary/aromatic N) is 2. The van der Waals surface area contributed by atoms with E-state index in [1.54, 1.807) is 0 Å². The van der Waals surface area contributed by atoms with Crippen LogP contribution in [0.25, 0.3) is 0 Å². The molecule has 0 saturated heterocycles. The number of nitrogens with two attached hydrogens (primary N) is 3. The van der Waals surface area contributed by atoms with Gasteiger partial charge in [0.15, 0.2) is 0 Å². The fourth-order valence-electron chi connectivity index (χ4n) is 4.47. The van der Waals surface area contributed by atoms with Gasteiger partial charge < -0.3 is 20.7 Å². The van der Waals surface area contributed by atoms with Gasteiger partial charge in [0.05, 0.1) is 31.5 Å². The summed E-state index contributed by atoms with van der Waals surface area (Å²) in [5.41, 5.74) is 10.5. The van der Waals surface area contributed by atoms with E-state index in [1.807, 2.05) is 48.5 Å². The molecule has 1 fully saturated rings. The molecule has 2 aromatic carbocycles. The summed E-state index contributed by atoms with van der Waals surface area (Å²) >= 11 is 0. The topological polar surface area (TPSA) is 198 Å². The van der Waals surface area contributed by atoms with Crippen molar-refractivity contribution in [3.05, 3.63) is 83.0 Å². The second-order valence-corrected chi connectivity index (χ2v) is 9.07. The number of fused-ring (bicyclic) bond motifs is 1. The van der Waals surface area contributed by atoms with Crippen LogP contribution in [-0.4, -0.2) is 33.7 Å². The molecule has 1 heterocycles. The van der Waals surface area contributed by atoms with Gasteiger partial charge in [-0.05, 0) is 36.8 Å². The third kappa shape index (κ3) is 9.06. The van der Waals surface area contributed by atoms with Crippen molar-refractivity contribution in [2.24, 2.45) is 17.6 Å². The largest absolute Gasteiger partial charge is 0.412 e. The normalized spacial score (nSPS) is 19.8. The van der Waals surface area contributed by atoms with Crippen LogP contribution in [0, 0.1) is 17.2 Å². The van der Waals surface area contributed by atoms with Crippen LogP contribution in [0.15, 0.2) is 60.7 Å². The number of benzene rings is 2. The maximum absolute atomic E-state index is 11.4. The quantitative estimate of drug-likeness (QED) is 0.279. The van der Waals surface area contributed by atoms with Crippen molar-refractivity contribution < 1.29 is 19.7 Å². The number of H-pyrrole nitrogens is 1. The fourth-order valence-corrected chi connectivity index (χ4v) is 4.47. The maximum atomic E-state index is 11.4. The number of nitrogen functional groups attached to an aromatic ring is 1. The summed E-state index contributed by atoms with van der Waals surface area (Å²) in [5.74, 6) is 8.22. The highest BCUT2D eigenvalue weighted by atomic mass is 16.5. The highest BCUT2D eigenvalue weighted by Crippen LogP contribution is 2.26. The predicted octanol–water partition coefficient (Wildman–Crippen LogP) is 2.52. The van der Waals surface area contributed by atoms with Gasteiger partial charge in [0, 0.05) is 24.1 Å². The lowest BCUT2D eigenvalue weighted by atomic mass is 9.87. The van der Waals surface area contributed by atoms with E-state index >= 15 is 0 Å². The number of rotatable bonds is 6. The van der Waals surface area contributed by atoms with Gasteiger partial charge in [0.1, 0.15) is 17.5 Å². The Morgan fingerprint density at radius 3 is 2.05 bits per heavy atom. The molecule has 9 N–H and O–H groups in total. The summed E-state index contributed by atoms with van der Waals surface area (Å²) in [7, 11) is 0. The molecule has 3 aromatic rings. The van der Waals surface area contributed by atoms with Crippen LogP contribution in [0.5, 0.6) is 0 Å². The second-order valence-electron chi connectivity index (χ2n) is 9.07. The van der Waals surface area contributed by atoms with Crippen LogP contribution in [0.4, 0.5) is 5.82 Å². The van der Waals surface area contributed by atoms with Crippen LogP contribution in [0.1, 0.15) is 48.1 Å². The van der Waals surface area contributed by atoms with Crippen molar-refractivity contribution in [3.8, 4) is 6.07 Å². The summed E-state index contributed by atoms with van der Waals surface area (Å²) in [6, 6.07) is 22.2. The first-order valence-electron chi connectivity index (χ1n) is 12.5. The Morgan fingerprint density at radius 2 is 1.47 bits per heavy atom. The Balaban J connectivity index is 0.000000245. The van der Waals surface area contributed by atoms with Crippen LogP contribution in [-0.2, 0) is 40.3 Å². The molecular formula is C28H38N6O4. The third-order valence-corrected chi connectivity index (χ3v) is 6.55. The molecule has 0 spiro atoms. The van der Waals surface area contributed by atoms with Gasteiger partial charge in [-0.3, -0.25) is 21.6 Å². The number of hydrazine groups is 1. The average Bonchev–Trinajstić information content (AvgIpc) is 3.34. The van der Waals surface area contributed by atoms with Gasteiger partial charge >= 0.3 is 0 Å². The minimum atomic E-state index is -0.468. The number of aromatic nitrogens is 2. The smallest absolute Gasteiger partial charge is 0.150 e. The molecule has 0 aliphatic heterocycles. The number of aromatic amines is 1. The molecule has 38 heavy (non-hydrogen) atoms. The van der Waals surface area contributed by atoms with Gasteiger partial charge in [0.2, 0.25) is 0 Å². The van der Waals surface area contributed by atoms with Crippen molar-refractivity contribution in [2.75, 3.05) is 5.73 Å². The molecule has 10 heteroatoms. The molecule has 1 saturated carbocycles. The molecule has 2 aliphatic carbocycles. The highest BCUT2D eigenvalue weighted by molar-refractivity contribution is 5.84. The first-order valence-corrected chi connectivity index (χ1v) is 12.5. The van der Waals surface area contributed by atoms with E-state index in [-0.39, 0.29) is 23.5 Å². The second kappa shape index (κ2) is 16.3. The van der Waals surface area contributed by atoms with Crippen molar-refractivity contribution in [1.82, 2.24) is 10.2 Å². The number of nitriles is 1. The highest BCUT2D eigenvalue weighted by Gasteiger charge is 2.29. The molecular weight excluding hydrogens is 484 g/mol. The molecule has 3 unspecified atom stereocenters. The number of carbonyl (C=O) groups is 1. The monoisotopic (exact) mass is 522 g/mol. The van der Waals surface area contributed by atoms with Crippen LogP contribution >= 0.6 is 0 Å². The Hall–Kier alpha value is -3.59. The van der Waals surface area contributed by atoms with E-state index in [2.05, 4.69) is 40.1 Å². The van der Waals surface area contributed by atoms with Gasteiger partial charge in [-0.1, -0.05) is 60.7 Å². The summed E-state index contributed by atoms with van der Waals surface area (Å²) < 4.78 is 11.7. The van der Waals surface area contributed by atoms with E-state index in [4.69, 9.17) is 20.5 Å². The lowest BCUT2D eigenvalue weighted by molar-refractivity contribution is -0.126. The summed E-state index contributed by atoms with van der Waals surface area (Å²) in [6.45, 7) is 1.22. The van der Waals surface area contributed by atoms with E-state index < -0.39 is 5.92 Å². The van der Waals surface area contributed by atoms with Gasteiger partial charge in [-0.25, -0.2) is 0 Å². The van der Waals surface area contributed by atoms with Crippen molar-refractivity contribution >= 4 is 11.6 Å². The minimum absolute atomic E-state index is 0. The van der Waals surface area contributed by atoms with Crippen molar-refractivity contribution in [2.45, 2.75) is 63.9 Å². The number of nitrogens with one attached hydrogen (secondary N) is 1. The number of hydrogen-bond acceptors (Lipinski definition) is 8. The first-order chi connectivity index (χ1) is 18.1. The molecule has 10 nitrogen and oxygen atoms in total. The number of carbonyl (C=O) groups excluding carboxylic acids is 1. The van der Waals surface area contributed by atoms with Crippen LogP contribution in [0.3, 0.4) is 0 Å². The molecule has 2 aliphatic rings. The number of anilines is 1. The lowest BCUT2D eigenvalue weighted by Crippen LogP contribution is -2.28. The Bertz CT molecular complexity index is 1130. The van der Waals surface area contributed by atoms with Gasteiger partial charge in [0.25, 0.3) is 0 Å². The zero-order chi connectivity index (χ0) is 26.5. The van der Waals surface area contributed by atoms with Crippen LogP contribution in [0.2, 0.25) is 0 Å². The molecule has 0 bridgehead atoms. The zero-order valence-electron chi connectivity index (χ0n) is 21.5. The SMILES string of the molecule is N#CC1CC(OCc2ccccc2)CCC1=O.NN.Nc1n[nH]c2c1CC(OCc1ccccc1)CC2.O. The minimum Gasteiger partial charge on any atom is -0.412 e. The van der Waals surface area contributed by atoms with Crippen LogP contribution < -0.4 is 17.4 Å². The summed E-state index contributed by atoms with van der Waals surface area (Å²) in [4.78, 5) is 11.4. The number of ketones is 1. The third-order valence-electron chi connectivity index (χ3n) is 6.55. The molecule has 1 aromatic heterocycles. The van der Waals surface area contributed by atoms with E-state index in [0.717, 1.165) is 36.8 Å². The Labute approximate surface area is 223 Å². The predicted molar refractivity (Wildman–Crippen MR) is 145 cm³/mol.